The number of benzene rings is 2. The van der Waals surface area contributed by atoms with Gasteiger partial charge in [-0.2, -0.15) is 0 Å². The van der Waals surface area contributed by atoms with Crippen molar-refractivity contribution in [2.45, 2.75) is 19.0 Å². The molecule has 4 heteroatoms. The van der Waals surface area contributed by atoms with Gasteiger partial charge in [0.2, 0.25) is 0 Å². The van der Waals surface area contributed by atoms with Crippen LogP contribution in [0.3, 0.4) is 0 Å². The highest BCUT2D eigenvalue weighted by molar-refractivity contribution is 9.10. The summed E-state index contributed by atoms with van der Waals surface area (Å²) in [5.41, 5.74) is 1.82. The van der Waals surface area contributed by atoms with Crippen molar-refractivity contribution in [2.75, 3.05) is 6.61 Å². The number of ether oxygens (including phenoxy) is 1. The molecule has 2 aromatic carbocycles. The first kappa shape index (κ1) is 13.6. The van der Waals surface area contributed by atoms with E-state index >= 15 is 0 Å². The van der Waals surface area contributed by atoms with Crippen LogP contribution in [0.4, 0.5) is 4.39 Å². The normalized spacial score (nSPS) is 17.4. The van der Waals surface area contributed by atoms with Crippen LogP contribution in [0.1, 0.15) is 23.6 Å². The number of hydrogen-bond acceptors (Lipinski definition) is 2. The minimum absolute atomic E-state index is 0.180. The lowest BCUT2D eigenvalue weighted by atomic mass is 10.0. The van der Waals surface area contributed by atoms with E-state index < -0.39 is 0 Å². The Morgan fingerprint density at radius 3 is 3.00 bits per heavy atom. The van der Waals surface area contributed by atoms with Gasteiger partial charge in [-0.25, -0.2) is 4.39 Å². The second-order valence-electron chi connectivity index (χ2n) is 4.84. The summed E-state index contributed by atoms with van der Waals surface area (Å²) in [6, 6.07) is 13.2. The Balaban J connectivity index is 1.75. The third-order valence-corrected chi connectivity index (χ3v) is 4.00. The Morgan fingerprint density at radius 1 is 1.25 bits per heavy atom. The first-order valence-corrected chi connectivity index (χ1v) is 7.42. The Labute approximate surface area is 126 Å². The monoisotopic (exact) mass is 335 g/mol. The average molecular weight is 336 g/mol. The molecule has 0 aliphatic carbocycles. The summed E-state index contributed by atoms with van der Waals surface area (Å²) >= 11 is 3.37. The second kappa shape index (κ2) is 5.94. The van der Waals surface area contributed by atoms with Gasteiger partial charge in [-0.05, 0) is 24.3 Å². The predicted octanol–water partition coefficient (Wildman–Crippen LogP) is 4.20. The molecule has 20 heavy (non-hydrogen) atoms. The summed E-state index contributed by atoms with van der Waals surface area (Å²) in [4.78, 5) is 0. The van der Waals surface area contributed by atoms with Crippen molar-refractivity contribution in [3.63, 3.8) is 0 Å². The summed E-state index contributed by atoms with van der Waals surface area (Å²) in [7, 11) is 0. The van der Waals surface area contributed by atoms with Crippen LogP contribution in [0.2, 0.25) is 0 Å². The maximum absolute atomic E-state index is 13.7. The molecule has 2 nitrogen and oxygen atoms in total. The molecule has 1 heterocycles. The number of para-hydroxylation sites is 1. The minimum Gasteiger partial charge on any atom is -0.493 e. The number of rotatable bonds is 3. The molecule has 0 radical (unpaired) electrons. The zero-order valence-corrected chi connectivity index (χ0v) is 12.5. The van der Waals surface area contributed by atoms with E-state index in [0.717, 1.165) is 22.2 Å². The van der Waals surface area contributed by atoms with Crippen molar-refractivity contribution in [1.29, 1.82) is 0 Å². The van der Waals surface area contributed by atoms with E-state index in [1.165, 1.54) is 6.07 Å². The fourth-order valence-corrected chi connectivity index (χ4v) is 2.87. The van der Waals surface area contributed by atoms with Crippen LogP contribution < -0.4 is 10.1 Å². The van der Waals surface area contributed by atoms with E-state index in [9.17, 15) is 4.39 Å². The molecular weight excluding hydrogens is 321 g/mol. The maximum atomic E-state index is 13.7. The molecule has 0 aromatic heterocycles. The molecule has 104 valence electrons. The molecule has 1 N–H and O–H groups in total. The second-order valence-corrected chi connectivity index (χ2v) is 5.76. The standard InChI is InChI=1S/C16H15BrFNO/c17-12-5-6-14(18)11(9-12)10-19-15-7-8-20-16-4-2-1-3-13(15)16/h1-6,9,15,19H,7-8,10H2/t15-/m1/s1. The van der Waals surface area contributed by atoms with E-state index in [2.05, 4.69) is 27.3 Å². The molecular formula is C16H15BrFNO. The highest BCUT2D eigenvalue weighted by atomic mass is 79.9. The van der Waals surface area contributed by atoms with E-state index in [0.29, 0.717) is 18.7 Å². The number of halogens is 2. The maximum Gasteiger partial charge on any atom is 0.127 e. The van der Waals surface area contributed by atoms with Crippen LogP contribution in [-0.4, -0.2) is 6.61 Å². The average Bonchev–Trinajstić information content (AvgIpc) is 2.48. The molecule has 0 saturated carbocycles. The lowest BCUT2D eigenvalue weighted by molar-refractivity contribution is 0.252. The van der Waals surface area contributed by atoms with Crippen molar-refractivity contribution in [2.24, 2.45) is 0 Å². The molecule has 0 bridgehead atoms. The van der Waals surface area contributed by atoms with Gasteiger partial charge in [0, 0.05) is 34.6 Å². The summed E-state index contributed by atoms with van der Waals surface area (Å²) in [6.45, 7) is 1.19. The summed E-state index contributed by atoms with van der Waals surface area (Å²) < 4.78 is 20.3. The van der Waals surface area contributed by atoms with Crippen LogP contribution in [0.25, 0.3) is 0 Å². The fraction of sp³-hybridized carbons (Fsp3) is 0.250. The minimum atomic E-state index is -0.180. The summed E-state index contributed by atoms with van der Waals surface area (Å²) in [5.74, 6) is 0.743. The van der Waals surface area contributed by atoms with Crippen LogP contribution in [-0.2, 0) is 6.54 Å². The van der Waals surface area contributed by atoms with E-state index in [1.54, 1.807) is 6.07 Å². The predicted molar refractivity (Wildman–Crippen MR) is 80.2 cm³/mol. The van der Waals surface area contributed by atoms with Gasteiger partial charge in [0.15, 0.2) is 0 Å². The number of nitrogens with one attached hydrogen (secondary N) is 1. The van der Waals surface area contributed by atoms with Gasteiger partial charge in [0.1, 0.15) is 11.6 Å². The van der Waals surface area contributed by atoms with E-state index in [1.807, 2.05) is 24.3 Å². The van der Waals surface area contributed by atoms with Gasteiger partial charge in [-0.3, -0.25) is 0 Å². The zero-order valence-electron chi connectivity index (χ0n) is 10.9. The third-order valence-electron chi connectivity index (χ3n) is 3.51. The van der Waals surface area contributed by atoms with Gasteiger partial charge in [0.25, 0.3) is 0 Å². The van der Waals surface area contributed by atoms with Crippen LogP contribution in [0, 0.1) is 5.82 Å². The lowest BCUT2D eigenvalue weighted by Gasteiger charge is -2.26. The zero-order chi connectivity index (χ0) is 13.9. The van der Waals surface area contributed by atoms with Crippen LogP contribution >= 0.6 is 15.9 Å². The van der Waals surface area contributed by atoms with Crippen molar-refractivity contribution >= 4 is 15.9 Å². The number of hydrogen-bond donors (Lipinski definition) is 1. The SMILES string of the molecule is Fc1ccc(Br)cc1CN[C@@H]1CCOc2ccccc21. The Hall–Kier alpha value is -1.39. The largest absolute Gasteiger partial charge is 0.493 e. The Bertz CT molecular complexity index is 617. The van der Waals surface area contributed by atoms with Crippen molar-refractivity contribution < 1.29 is 9.13 Å². The molecule has 0 saturated heterocycles. The lowest BCUT2D eigenvalue weighted by Crippen LogP contribution is -2.27. The number of fused-ring (bicyclic) bond motifs is 1. The topological polar surface area (TPSA) is 21.3 Å². The Kier molecular flexibility index (Phi) is 4.03. The van der Waals surface area contributed by atoms with Crippen molar-refractivity contribution in [3.05, 3.63) is 63.9 Å². The molecule has 0 amide bonds. The Morgan fingerprint density at radius 2 is 2.10 bits per heavy atom. The molecule has 1 aliphatic heterocycles. The quantitative estimate of drug-likeness (QED) is 0.907. The van der Waals surface area contributed by atoms with Gasteiger partial charge in [0.05, 0.1) is 6.61 Å². The summed E-state index contributed by atoms with van der Waals surface area (Å²) in [6.07, 6.45) is 0.895. The molecule has 0 spiro atoms. The van der Waals surface area contributed by atoms with Gasteiger partial charge < -0.3 is 10.1 Å². The van der Waals surface area contributed by atoms with E-state index in [4.69, 9.17) is 4.74 Å². The molecule has 1 atom stereocenters. The summed E-state index contributed by atoms with van der Waals surface area (Å²) in [5, 5.41) is 3.42. The van der Waals surface area contributed by atoms with Crippen LogP contribution in [0.15, 0.2) is 46.9 Å². The van der Waals surface area contributed by atoms with Gasteiger partial charge >= 0.3 is 0 Å². The van der Waals surface area contributed by atoms with Crippen LogP contribution in [0.5, 0.6) is 5.75 Å². The van der Waals surface area contributed by atoms with Gasteiger partial charge in [-0.15, -0.1) is 0 Å². The molecule has 0 unspecified atom stereocenters. The molecule has 0 fully saturated rings. The fourth-order valence-electron chi connectivity index (χ4n) is 2.47. The first-order chi connectivity index (χ1) is 9.74. The van der Waals surface area contributed by atoms with Gasteiger partial charge in [-0.1, -0.05) is 34.1 Å². The molecule has 3 rings (SSSR count). The molecule has 2 aromatic rings. The van der Waals surface area contributed by atoms with Crippen molar-refractivity contribution in [3.8, 4) is 5.75 Å². The molecule has 1 aliphatic rings. The van der Waals surface area contributed by atoms with Crippen molar-refractivity contribution in [1.82, 2.24) is 5.32 Å². The first-order valence-electron chi connectivity index (χ1n) is 6.63. The highest BCUT2D eigenvalue weighted by Crippen LogP contribution is 2.31. The third kappa shape index (κ3) is 2.86. The highest BCUT2D eigenvalue weighted by Gasteiger charge is 2.20. The smallest absolute Gasteiger partial charge is 0.127 e. The van der Waals surface area contributed by atoms with E-state index in [-0.39, 0.29) is 11.9 Å².